The molecule has 0 aromatic heterocycles. The first-order valence-electron chi connectivity index (χ1n) is 10.4. The van der Waals surface area contributed by atoms with Crippen molar-refractivity contribution >= 4 is 11.5 Å². The minimum absolute atomic E-state index is 0.00830. The van der Waals surface area contributed by atoms with Gasteiger partial charge in [-0.25, -0.2) is 0 Å². The number of amides is 1. The number of hydrogen-bond acceptors (Lipinski definition) is 2. The van der Waals surface area contributed by atoms with E-state index in [0.29, 0.717) is 17.9 Å². The maximum Gasteiger partial charge on any atom is 0.253 e. The lowest BCUT2D eigenvalue weighted by Gasteiger charge is -2.18. The van der Waals surface area contributed by atoms with Gasteiger partial charge in [-0.1, -0.05) is 60.7 Å². The Hall–Kier alpha value is -3.33. The first-order chi connectivity index (χ1) is 14.7. The lowest BCUT2D eigenvalue weighted by molar-refractivity contribution is 0.0797. The summed E-state index contributed by atoms with van der Waals surface area (Å²) in [6.07, 6.45) is 5.19. The van der Waals surface area contributed by atoms with Gasteiger partial charge in [0.15, 0.2) is 0 Å². The van der Waals surface area contributed by atoms with E-state index < -0.39 is 0 Å². The van der Waals surface area contributed by atoms with E-state index in [1.165, 1.54) is 27.8 Å². The summed E-state index contributed by atoms with van der Waals surface area (Å²) in [5.41, 5.74) is 7.32. The number of nitrogens with zero attached hydrogens (tertiary/aromatic N) is 1. The average Bonchev–Trinajstić information content (AvgIpc) is 2.96. The quantitative estimate of drug-likeness (QED) is 0.578. The van der Waals surface area contributed by atoms with Crippen LogP contribution >= 0.6 is 0 Å². The van der Waals surface area contributed by atoms with Crippen molar-refractivity contribution in [3.63, 3.8) is 0 Å². The van der Waals surface area contributed by atoms with Crippen molar-refractivity contribution in [1.82, 2.24) is 4.90 Å². The molecule has 4 rings (SSSR count). The minimum Gasteiger partial charge on any atom is -0.497 e. The molecule has 0 saturated carbocycles. The molecule has 0 spiro atoms. The van der Waals surface area contributed by atoms with Crippen molar-refractivity contribution in [2.24, 2.45) is 0 Å². The fourth-order valence-electron chi connectivity index (χ4n) is 4.12. The van der Waals surface area contributed by atoms with Gasteiger partial charge in [0.1, 0.15) is 5.75 Å². The number of hydrogen-bond donors (Lipinski definition) is 0. The van der Waals surface area contributed by atoms with Crippen molar-refractivity contribution < 1.29 is 9.53 Å². The number of carbonyl (C=O) groups excluding carboxylic acids is 1. The van der Waals surface area contributed by atoms with Crippen LogP contribution in [-0.2, 0) is 12.8 Å². The molecule has 0 atom stereocenters. The molecule has 0 saturated heterocycles. The van der Waals surface area contributed by atoms with Crippen LogP contribution in [0.1, 0.15) is 39.0 Å². The highest BCUT2D eigenvalue weighted by atomic mass is 16.5. The lowest BCUT2D eigenvalue weighted by Crippen LogP contribution is -2.27. The maximum absolute atomic E-state index is 12.8. The van der Waals surface area contributed by atoms with Crippen LogP contribution in [-0.4, -0.2) is 31.5 Å². The van der Waals surface area contributed by atoms with Crippen LogP contribution in [0.2, 0.25) is 0 Å². The van der Waals surface area contributed by atoms with Crippen LogP contribution in [0.15, 0.2) is 78.9 Å². The first-order valence-corrected chi connectivity index (χ1v) is 10.4. The van der Waals surface area contributed by atoms with Gasteiger partial charge in [0.25, 0.3) is 5.91 Å². The summed E-state index contributed by atoms with van der Waals surface area (Å²) in [5.74, 6) is 0.706. The van der Waals surface area contributed by atoms with Gasteiger partial charge in [0, 0.05) is 19.2 Å². The highest BCUT2D eigenvalue weighted by Crippen LogP contribution is 2.33. The highest BCUT2D eigenvalue weighted by Gasteiger charge is 2.17. The Morgan fingerprint density at radius 1 is 0.933 bits per heavy atom. The predicted molar refractivity (Wildman–Crippen MR) is 122 cm³/mol. The van der Waals surface area contributed by atoms with E-state index >= 15 is 0 Å². The van der Waals surface area contributed by atoms with Crippen molar-refractivity contribution in [3.8, 4) is 5.75 Å². The molecule has 3 aromatic carbocycles. The Kier molecular flexibility index (Phi) is 5.99. The average molecular weight is 398 g/mol. The molecule has 0 bridgehead atoms. The molecule has 3 heteroatoms. The molecule has 1 aliphatic carbocycles. The van der Waals surface area contributed by atoms with Crippen LogP contribution in [0.4, 0.5) is 0 Å². The molecule has 1 aliphatic rings. The minimum atomic E-state index is 0.00830. The molecule has 0 unspecified atom stereocenters. The molecular weight excluding hydrogens is 370 g/mol. The van der Waals surface area contributed by atoms with Crippen LogP contribution < -0.4 is 4.74 Å². The Bertz CT molecular complexity index is 1030. The standard InChI is InChI=1S/C27H27NO2/c1-28(27(29)22-11-7-12-23(19-22)30-2)18-8-15-26-24-13-5-3-9-20(24)16-17-21-10-4-6-14-25(21)26/h3-7,9-15,19H,8,16-18H2,1-2H3. The van der Waals surface area contributed by atoms with E-state index in [-0.39, 0.29) is 5.91 Å². The van der Waals surface area contributed by atoms with Crippen molar-refractivity contribution in [1.29, 1.82) is 0 Å². The molecule has 30 heavy (non-hydrogen) atoms. The molecule has 0 N–H and O–H groups in total. The van der Waals surface area contributed by atoms with E-state index in [4.69, 9.17) is 4.74 Å². The van der Waals surface area contributed by atoms with Crippen molar-refractivity contribution in [3.05, 3.63) is 107 Å². The number of fused-ring (bicyclic) bond motifs is 2. The normalized spacial score (nSPS) is 12.4. The van der Waals surface area contributed by atoms with E-state index in [2.05, 4.69) is 54.6 Å². The monoisotopic (exact) mass is 397 g/mol. The fourth-order valence-corrected chi connectivity index (χ4v) is 4.12. The molecule has 1 amide bonds. The number of rotatable bonds is 5. The summed E-state index contributed by atoms with van der Waals surface area (Å²) in [4.78, 5) is 14.6. The zero-order valence-corrected chi connectivity index (χ0v) is 17.6. The Labute approximate surface area is 178 Å². The van der Waals surface area contributed by atoms with E-state index in [0.717, 1.165) is 19.3 Å². The fraction of sp³-hybridized carbons (Fsp3) is 0.222. The van der Waals surface area contributed by atoms with E-state index in [1.54, 1.807) is 18.1 Å². The van der Waals surface area contributed by atoms with E-state index in [1.807, 2.05) is 25.2 Å². The largest absolute Gasteiger partial charge is 0.497 e. The predicted octanol–water partition coefficient (Wildman–Crippen LogP) is 5.39. The third-order valence-electron chi connectivity index (χ3n) is 5.76. The summed E-state index contributed by atoms with van der Waals surface area (Å²) in [7, 11) is 3.47. The third kappa shape index (κ3) is 4.16. The Morgan fingerprint density at radius 2 is 1.57 bits per heavy atom. The van der Waals surface area contributed by atoms with Gasteiger partial charge in [-0.05, 0) is 65.3 Å². The van der Waals surface area contributed by atoms with Crippen molar-refractivity contribution in [2.75, 3.05) is 20.7 Å². The Morgan fingerprint density at radius 3 is 2.20 bits per heavy atom. The number of aryl methyl sites for hydroxylation is 2. The van der Waals surface area contributed by atoms with Gasteiger partial charge in [0.2, 0.25) is 0 Å². The second-order valence-electron chi connectivity index (χ2n) is 7.68. The third-order valence-corrected chi connectivity index (χ3v) is 5.76. The Balaban J connectivity index is 1.56. The van der Waals surface area contributed by atoms with Gasteiger partial charge < -0.3 is 9.64 Å². The van der Waals surface area contributed by atoms with Gasteiger partial charge in [-0.2, -0.15) is 0 Å². The van der Waals surface area contributed by atoms with Crippen LogP contribution in [0.5, 0.6) is 5.75 Å². The summed E-state index contributed by atoms with van der Waals surface area (Å²) >= 11 is 0. The van der Waals surface area contributed by atoms with Crippen LogP contribution in [0.3, 0.4) is 0 Å². The van der Waals surface area contributed by atoms with Gasteiger partial charge >= 0.3 is 0 Å². The molecule has 0 radical (unpaired) electrons. The smallest absolute Gasteiger partial charge is 0.253 e. The number of carbonyl (C=O) groups is 1. The topological polar surface area (TPSA) is 29.5 Å². The lowest BCUT2D eigenvalue weighted by atomic mass is 9.93. The van der Waals surface area contributed by atoms with Gasteiger partial charge in [-0.3, -0.25) is 4.79 Å². The molecule has 0 heterocycles. The van der Waals surface area contributed by atoms with Crippen LogP contribution in [0, 0.1) is 0 Å². The number of ether oxygens (including phenoxy) is 1. The SMILES string of the molecule is COc1cccc(C(=O)N(C)CCC=C2c3ccccc3CCc3ccccc32)c1. The molecule has 3 aromatic rings. The summed E-state index contributed by atoms with van der Waals surface area (Å²) < 4.78 is 5.24. The molecule has 152 valence electrons. The zero-order chi connectivity index (χ0) is 20.9. The summed E-state index contributed by atoms with van der Waals surface area (Å²) in [5, 5.41) is 0. The van der Waals surface area contributed by atoms with E-state index in [9.17, 15) is 4.79 Å². The summed E-state index contributed by atoms with van der Waals surface area (Å²) in [6, 6.07) is 24.7. The number of benzene rings is 3. The number of methoxy groups -OCH3 is 1. The summed E-state index contributed by atoms with van der Waals surface area (Å²) in [6.45, 7) is 0.657. The molecular formula is C27H27NO2. The molecule has 0 aliphatic heterocycles. The second kappa shape index (κ2) is 9.00. The maximum atomic E-state index is 12.8. The zero-order valence-electron chi connectivity index (χ0n) is 17.6. The van der Waals surface area contributed by atoms with Gasteiger partial charge in [0.05, 0.1) is 7.11 Å². The second-order valence-corrected chi connectivity index (χ2v) is 7.68. The molecule has 3 nitrogen and oxygen atoms in total. The van der Waals surface area contributed by atoms with Crippen molar-refractivity contribution in [2.45, 2.75) is 19.3 Å². The molecule has 0 fully saturated rings. The highest BCUT2D eigenvalue weighted by molar-refractivity contribution is 5.94. The van der Waals surface area contributed by atoms with Gasteiger partial charge in [-0.15, -0.1) is 0 Å². The van der Waals surface area contributed by atoms with Crippen LogP contribution in [0.25, 0.3) is 5.57 Å². The first kappa shape index (κ1) is 20.0.